The molecule has 2 N–H and O–H groups in total. The Balaban J connectivity index is 1.46. The molecule has 2 amide bonds. The standard InChI is InChI=1S/C20H23N3O3/c1-26-19(24)16-7-9-17(10-8-16)21-20(25)22-18-11-12-23(14-18)13-15-5-3-2-4-6-15/h2-10,18H,11-14H2,1H3,(H2,21,22,25). The summed E-state index contributed by atoms with van der Waals surface area (Å²) < 4.78 is 4.66. The molecule has 1 fully saturated rings. The fourth-order valence-electron chi connectivity index (χ4n) is 3.10. The van der Waals surface area contributed by atoms with Crippen LogP contribution in [0.5, 0.6) is 0 Å². The van der Waals surface area contributed by atoms with Gasteiger partial charge in [0.15, 0.2) is 0 Å². The second kappa shape index (κ2) is 8.49. The van der Waals surface area contributed by atoms with E-state index >= 15 is 0 Å². The zero-order chi connectivity index (χ0) is 18.4. The molecule has 1 atom stereocenters. The van der Waals surface area contributed by atoms with Crippen molar-refractivity contribution < 1.29 is 14.3 Å². The first-order valence-corrected chi connectivity index (χ1v) is 8.66. The molecule has 0 aliphatic carbocycles. The van der Waals surface area contributed by atoms with Crippen molar-refractivity contribution in [3.8, 4) is 0 Å². The summed E-state index contributed by atoms with van der Waals surface area (Å²) in [4.78, 5) is 25.9. The van der Waals surface area contributed by atoms with Gasteiger partial charge in [-0.15, -0.1) is 0 Å². The van der Waals surface area contributed by atoms with E-state index in [0.717, 1.165) is 26.1 Å². The maximum atomic E-state index is 12.2. The highest BCUT2D eigenvalue weighted by Crippen LogP contribution is 2.14. The molecule has 1 saturated heterocycles. The van der Waals surface area contributed by atoms with Crippen LogP contribution in [0.4, 0.5) is 10.5 Å². The molecule has 0 aromatic heterocycles. The number of urea groups is 1. The van der Waals surface area contributed by atoms with E-state index in [4.69, 9.17) is 0 Å². The molecular weight excluding hydrogens is 330 g/mol. The van der Waals surface area contributed by atoms with Crippen molar-refractivity contribution in [3.63, 3.8) is 0 Å². The Morgan fingerprint density at radius 3 is 2.54 bits per heavy atom. The minimum Gasteiger partial charge on any atom is -0.465 e. The predicted octanol–water partition coefficient (Wildman–Crippen LogP) is 2.87. The van der Waals surface area contributed by atoms with E-state index in [1.807, 2.05) is 18.2 Å². The summed E-state index contributed by atoms with van der Waals surface area (Å²) in [6.45, 7) is 2.70. The summed E-state index contributed by atoms with van der Waals surface area (Å²) in [7, 11) is 1.34. The molecule has 0 saturated carbocycles. The maximum absolute atomic E-state index is 12.2. The number of hydrogen-bond acceptors (Lipinski definition) is 4. The molecule has 3 rings (SSSR count). The van der Waals surface area contributed by atoms with Crippen LogP contribution in [-0.4, -0.2) is 43.1 Å². The van der Waals surface area contributed by atoms with Crippen LogP contribution in [-0.2, 0) is 11.3 Å². The van der Waals surface area contributed by atoms with Crippen LogP contribution in [0.1, 0.15) is 22.3 Å². The van der Waals surface area contributed by atoms with E-state index in [2.05, 4.69) is 32.4 Å². The number of benzene rings is 2. The third-order valence-electron chi connectivity index (χ3n) is 4.42. The van der Waals surface area contributed by atoms with Gasteiger partial charge in [0, 0.05) is 31.4 Å². The summed E-state index contributed by atoms with van der Waals surface area (Å²) in [6.07, 6.45) is 0.932. The van der Waals surface area contributed by atoms with Crippen molar-refractivity contribution in [2.45, 2.75) is 19.0 Å². The van der Waals surface area contributed by atoms with E-state index in [9.17, 15) is 9.59 Å². The van der Waals surface area contributed by atoms with Crippen molar-refractivity contribution >= 4 is 17.7 Å². The van der Waals surface area contributed by atoms with E-state index in [-0.39, 0.29) is 12.1 Å². The monoisotopic (exact) mass is 353 g/mol. The fourth-order valence-corrected chi connectivity index (χ4v) is 3.10. The number of anilines is 1. The summed E-state index contributed by atoms with van der Waals surface area (Å²) in [5, 5.41) is 5.81. The lowest BCUT2D eigenvalue weighted by Gasteiger charge is -2.17. The van der Waals surface area contributed by atoms with Gasteiger partial charge in [-0.1, -0.05) is 30.3 Å². The average Bonchev–Trinajstić information content (AvgIpc) is 3.09. The Hall–Kier alpha value is -2.86. The third-order valence-corrected chi connectivity index (χ3v) is 4.42. The minimum atomic E-state index is -0.398. The summed E-state index contributed by atoms with van der Waals surface area (Å²) >= 11 is 0. The summed E-state index contributed by atoms with van der Waals surface area (Å²) in [6, 6.07) is 16.8. The van der Waals surface area contributed by atoms with Gasteiger partial charge in [-0.2, -0.15) is 0 Å². The van der Waals surface area contributed by atoms with Gasteiger partial charge >= 0.3 is 12.0 Å². The van der Waals surface area contributed by atoms with Gasteiger partial charge in [-0.05, 0) is 36.2 Å². The molecule has 136 valence electrons. The zero-order valence-corrected chi connectivity index (χ0v) is 14.8. The molecule has 6 nitrogen and oxygen atoms in total. The van der Waals surface area contributed by atoms with Gasteiger partial charge in [0.05, 0.1) is 12.7 Å². The lowest BCUT2D eigenvalue weighted by atomic mass is 10.2. The molecule has 1 heterocycles. The quantitative estimate of drug-likeness (QED) is 0.811. The highest BCUT2D eigenvalue weighted by molar-refractivity contribution is 5.92. The number of methoxy groups -OCH3 is 1. The number of ether oxygens (including phenoxy) is 1. The highest BCUT2D eigenvalue weighted by Gasteiger charge is 2.23. The smallest absolute Gasteiger partial charge is 0.337 e. The molecule has 6 heteroatoms. The maximum Gasteiger partial charge on any atom is 0.337 e. The first kappa shape index (κ1) is 17.9. The topological polar surface area (TPSA) is 70.7 Å². The Kier molecular flexibility index (Phi) is 5.86. The lowest BCUT2D eigenvalue weighted by molar-refractivity contribution is 0.0600. The van der Waals surface area contributed by atoms with Crippen molar-refractivity contribution in [3.05, 3.63) is 65.7 Å². The lowest BCUT2D eigenvalue weighted by Crippen LogP contribution is -2.39. The van der Waals surface area contributed by atoms with Crippen molar-refractivity contribution in [1.82, 2.24) is 10.2 Å². The molecule has 1 aliphatic rings. The number of amides is 2. The Morgan fingerprint density at radius 1 is 1.12 bits per heavy atom. The van der Waals surface area contributed by atoms with Crippen LogP contribution in [0, 0.1) is 0 Å². The molecule has 1 aliphatic heterocycles. The Labute approximate surface area is 153 Å². The normalized spacial score (nSPS) is 16.9. The van der Waals surface area contributed by atoms with E-state index in [0.29, 0.717) is 11.3 Å². The van der Waals surface area contributed by atoms with Gasteiger partial charge in [-0.25, -0.2) is 9.59 Å². The second-order valence-electron chi connectivity index (χ2n) is 6.37. The van der Waals surface area contributed by atoms with E-state index in [1.165, 1.54) is 12.7 Å². The Morgan fingerprint density at radius 2 is 1.85 bits per heavy atom. The molecule has 1 unspecified atom stereocenters. The number of nitrogens with one attached hydrogen (secondary N) is 2. The molecule has 0 spiro atoms. The van der Waals surface area contributed by atoms with Gasteiger partial charge < -0.3 is 15.4 Å². The fraction of sp³-hybridized carbons (Fsp3) is 0.300. The largest absolute Gasteiger partial charge is 0.465 e. The molecule has 26 heavy (non-hydrogen) atoms. The number of rotatable bonds is 5. The van der Waals surface area contributed by atoms with E-state index in [1.54, 1.807) is 24.3 Å². The van der Waals surface area contributed by atoms with Crippen LogP contribution < -0.4 is 10.6 Å². The van der Waals surface area contributed by atoms with Crippen LogP contribution in [0.15, 0.2) is 54.6 Å². The molecule has 2 aromatic carbocycles. The first-order chi connectivity index (χ1) is 12.6. The molecular formula is C20H23N3O3. The summed E-state index contributed by atoms with van der Waals surface area (Å²) in [5.74, 6) is -0.398. The number of nitrogens with zero attached hydrogens (tertiary/aromatic N) is 1. The van der Waals surface area contributed by atoms with Gasteiger partial charge in [0.25, 0.3) is 0 Å². The molecule has 0 bridgehead atoms. The van der Waals surface area contributed by atoms with Crippen LogP contribution in [0.2, 0.25) is 0 Å². The van der Waals surface area contributed by atoms with Crippen molar-refractivity contribution in [1.29, 1.82) is 0 Å². The number of carbonyl (C=O) groups excluding carboxylic acids is 2. The molecule has 2 aromatic rings. The van der Waals surface area contributed by atoms with Crippen LogP contribution in [0.3, 0.4) is 0 Å². The zero-order valence-electron chi connectivity index (χ0n) is 14.8. The second-order valence-corrected chi connectivity index (χ2v) is 6.37. The van der Waals surface area contributed by atoms with Gasteiger partial charge in [-0.3, -0.25) is 4.90 Å². The van der Waals surface area contributed by atoms with Crippen molar-refractivity contribution in [2.24, 2.45) is 0 Å². The first-order valence-electron chi connectivity index (χ1n) is 8.66. The van der Waals surface area contributed by atoms with Crippen LogP contribution in [0.25, 0.3) is 0 Å². The number of esters is 1. The Bertz CT molecular complexity index is 747. The SMILES string of the molecule is COC(=O)c1ccc(NC(=O)NC2CCN(Cc3ccccc3)C2)cc1. The minimum absolute atomic E-state index is 0.132. The van der Waals surface area contributed by atoms with Gasteiger partial charge in [0.2, 0.25) is 0 Å². The summed E-state index contributed by atoms with van der Waals surface area (Å²) in [5.41, 5.74) is 2.36. The highest BCUT2D eigenvalue weighted by atomic mass is 16.5. The number of hydrogen-bond donors (Lipinski definition) is 2. The number of carbonyl (C=O) groups is 2. The van der Waals surface area contributed by atoms with E-state index < -0.39 is 5.97 Å². The third kappa shape index (κ3) is 4.83. The number of likely N-dealkylation sites (tertiary alicyclic amines) is 1. The average molecular weight is 353 g/mol. The van der Waals surface area contributed by atoms with Crippen molar-refractivity contribution in [2.75, 3.05) is 25.5 Å². The van der Waals surface area contributed by atoms with Crippen LogP contribution >= 0.6 is 0 Å². The predicted molar refractivity (Wildman–Crippen MR) is 100 cm³/mol. The molecule has 0 radical (unpaired) electrons. The van der Waals surface area contributed by atoms with Gasteiger partial charge in [0.1, 0.15) is 0 Å².